The van der Waals surface area contributed by atoms with Gasteiger partial charge in [0.2, 0.25) is 5.91 Å². The maximum Gasteiger partial charge on any atom is 0.329 e. The zero-order valence-corrected chi connectivity index (χ0v) is 19.2. The molecule has 34 heavy (non-hydrogen) atoms. The molecule has 174 valence electrons. The number of aromatic nitrogens is 1. The Morgan fingerprint density at radius 1 is 1.09 bits per heavy atom. The number of hydrogen-bond donors (Lipinski definition) is 2. The van der Waals surface area contributed by atoms with Gasteiger partial charge in [0.25, 0.3) is 5.91 Å². The summed E-state index contributed by atoms with van der Waals surface area (Å²) in [7, 11) is 0. The fraction of sp³-hybridized carbons (Fsp3) is 0.192. The predicted molar refractivity (Wildman–Crippen MR) is 128 cm³/mol. The van der Waals surface area contributed by atoms with Crippen molar-refractivity contribution < 1.29 is 18.8 Å². The summed E-state index contributed by atoms with van der Waals surface area (Å²) in [5, 5.41) is 5.33. The summed E-state index contributed by atoms with van der Waals surface area (Å²) < 4.78 is 15.3. The van der Waals surface area contributed by atoms with Crippen molar-refractivity contribution in [3.63, 3.8) is 0 Å². The molecule has 7 nitrogen and oxygen atoms in total. The van der Waals surface area contributed by atoms with Crippen molar-refractivity contribution in [1.29, 1.82) is 0 Å². The van der Waals surface area contributed by atoms with E-state index in [-0.39, 0.29) is 11.5 Å². The lowest BCUT2D eigenvalue weighted by Gasteiger charge is -2.13. The van der Waals surface area contributed by atoms with E-state index < -0.39 is 24.4 Å². The van der Waals surface area contributed by atoms with Gasteiger partial charge in [-0.05, 0) is 73.9 Å². The minimum atomic E-state index is -0.650. The first-order valence-electron chi connectivity index (χ1n) is 11.0. The molecule has 2 heterocycles. The lowest BCUT2D eigenvalue weighted by atomic mass is 10.1. The van der Waals surface area contributed by atoms with Crippen molar-refractivity contribution in [2.75, 3.05) is 11.9 Å². The molecule has 2 N–H and O–H groups in total. The number of nitrogens with zero attached hydrogens (tertiary/aromatic N) is 2. The molecule has 0 unspecified atom stereocenters. The molecule has 1 fully saturated rings. The van der Waals surface area contributed by atoms with Gasteiger partial charge in [-0.25, -0.2) is 14.1 Å². The molecule has 1 aliphatic rings. The third-order valence-corrected chi connectivity index (χ3v) is 5.79. The van der Waals surface area contributed by atoms with Gasteiger partial charge in [0, 0.05) is 22.8 Å². The van der Waals surface area contributed by atoms with Crippen LogP contribution in [-0.4, -0.2) is 33.9 Å². The van der Waals surface area contributed by atoms with Gasteiger partial charge in [0.1, 0.15) is 18.1 Å². The second kappa shape index (κ2) is 9.35. The molecule has 2 aromatic carbocycles. The van der Waals surface area contributed by atoms with E-state index in [9.17, 15) is 18.8 Å². The number of carbonyl (C=O) groups excluding carboxylic acids is 3. The van der Waals surface area contributed by atoms with E-state index in [2.05, 4.69) is 10.6 Å². The number of carbonyl (C=O) groups is 3. The standard InChI is InChI=1S/C26H25FN4O3/c1-4-18-7-5-6-8-22(18)28-24(32)15-30-25(33)23(29-26(30)34)14-19-13-16(2)31(17(19)3)21-11-9-20(27)10-12-21/h5-14H,4,15H2,1-3H3,(H,28,32)(H,29,34)/b23-14+. The fourth-order valence-electron chi connectivity index (χ4n) is 4.08. The minimum absolute atomic E-state index is 0.0890. The number of anilines is 1. The van der Waals surface area contributed by atoms with Crippen LogP contribution in [0.5, 0.6) is 0 Å². The average molecular weight is 461 g/mol. The Bertz CT molecular complexity index is 1310. The molecule has 1 aromatic heterocycles. The molecule has 0 aliphatic carbocycles. The van der Waals surface area contributed by atoms with Crippen molar-refractivity contribution >= 4 is 29.6 Å². The molecule has 0 atom stereocenters. The number of benzene rings is 2. The lowest BCUT2D eigenvalue weighted by molar-refractivity contribution is -0.127. The Kier molecular flexibility index (Phi) is 6.32. The first kappa shape index (κ1) is 23.0. The highest BCUT2D eigenvalue weighted by molar-refractivity contribution is 6.16. The Hall–Kier alpha value is -4.20. The third kappa shape index (κ3) is 4.47. The normalized spacial score (nSPS) is 14.6. The molecule has 0 saturated carbocycles. The zero-order chi connectivity index (χ0) is 24.4. The van der Waals surface area contributed by atoms with Crippen LogP contribution < -0.4 is 10.6 Å². The maximum absolute atomic E-state index is 13.3. The molecule has 8 heteroatoms. The summed E-state index contributed by atoms with van der Waals surface area (Å²) in [6, 6.07) is 14.7. The van der Waals surface area contributed by atoms with Crippen LogP contribution in [0, 0.1) is 19.7 Å². The Labute approximate surface area is 196 Å². The zero-order valence-electron chi connectivity index (χ0n) is 19.2. The third-order valence-electron chi connectivity index (χ3n) is 5.79. The van der Waals surface area contributed by atoms with Crippen LogP contribution in [0.3, 0.4) is 0 Å². The van der Waals surface area contributed by atoms with Gasteiger partial charge in [-0.15, -0.1) is 0 Å². The van der Waals surface area contributed by atoms with Gasteiger partial charge in [0.15, 0.2) is 0 Å². The van der Waals surface area contributed by atoms with Gasteiger partial charge in [-0.2, -0.15) is 0 Å². The molecule has 4 rings (SSSR count). The van der Waals surface area contributed by atoms with Gasteiger partial charge in [0.05, 0.1) is 0 Å². The largest absolute Gasteiger partial charge is 0.329 e. The van der Waals surface area contributed by atoms with Gasteiger partial charge < -0.3 is 15.2 Å². The summed E-state index contributed by atoms with van der Waals surface area (Å²) in [5.74, 6) is -1.36. The highest BCUT2D eigenvalue weighted by Crippen LogP contribution is 2.24. The number of hydrogen-bond acceptors (Lipinski definition) is 3. The van der Waals surface area contributed by atoms with E-state index in [0.717, 1.165) is 39.5 Å². The number of aryl methyl sites for hydroxylation is 2. The van der Waals surface area contributed by atoms with Crippen molar-refractivity contribution in [3.8, 4) is 5.69 Å². The molecule has 4 amide bonds. The average Bonchev–Trinajstić information content (AvgIpc) is 3.24. The van der Waals surface area contributed by atoms with Gasteiger partial charge >= 0.3 is 6.03 Å². The summed E-state index contributed by atoms with van der Waals surface area (Å²) >= 11 is 0. The summed E-state index contributed by atoms with van der Waals surface area (Å²) in [6.07, 6.45) is 2.33. The highest BCUT2D eigenvalue weighted by atomic mass is 19.1. The van der Waals surface area contributed by atoms with Gasteiger partial charge in [-0.1, -0.05) is 25.1 Å². The van der Waals surface area contributed by atoms with Crippen LogP contribution in [0.2, 0.25) is 0 Å². The maximum atomic E-state index is 13.3. The highest BCUT2D eigenvalue weighted by Gasteiger charge is 2.35. The van der Waals surface area contributed by atoms with E-state index in [4.69, 9.17) is 0 Å². The van der Waals surface area contributed by atoms with Crippen molar-refractivity contribution in [2.24, 2.45) is 0 Å². The number of imide groups is 1. The second-order valence-electron chi connectivity index (χ2n) is 8.08. The van der Waals surface area contributed by atoms with E-state index in [1.54, 1.807) is 24.3 Å². The van der Waals surface area contributed by atoms with Crippen molar-refractivity contribution in [2.45, 2.75) is 27.2 Å². The van der Waals surface area contributed by atoms with E-state index >= 15 is 0 Å². The second-order valence-corrected chi connectivity index (χ2v) is 8.08. The number of amides is 4. The first-order chi connectivity index (χ1) is 16.3. The number of halogens is 1. The molecule has 0 radical (unpaired) electrons. The van der Waals surface area contributed by atoms with Gasteiger partial charge in [-0.3, -0.25) is 9.59 Å². The van der Waals surface area contributed by atoms with E-state index in [1.165, 1.54) is 12.1 Å². The Morgan fingerprint density at radius 2 is 1.79 bits per heavy atom. The Balaban J connectivity index is 1.53. The monoisotopic (exact) mass is 460 g/mol. The molecular weight excluding hydrogens is 435 g/mol. The number of rotatable bonds is 6. The van der Waals surface area contributed by atoms with Crippen LogP contribution in [0.25, 0.3) is 11.8 Å². The summed E-state index contributed by atoms with van der Waals surface area (Å²) in [5.41, 5.74) is 4.94. The first-order valence-corrected chi connectivity index (χ1v) is 11.0. The van der Waals surface area contributed by atoms with E-state index in [0.29, 0.717) is 5.69 Å². The van der Waals surface area contributed by atoms with E-state index in [1.807, 2.05) is 49.6 Å². The SMILES string of the molecule is CCc1ccccc1NC(=O)CN1C(=O)N/C(=C/c2cc(C)n(-c3ccc(F)cc3)c2C)C1=O. The fourth-order valence-corrected chi connectivity index (χ4v) is 4.08. The minimum Gasteiger partial charge on any atom is -0.324 e. The van der Waals surface area contributed by atoms with Crippen molar-refractivity contribution in [1.82, 2.24) is 14.8 Å². The van der Waals surface area contributed by atoms with Crippen LogP contribution >= 0.6 is 0 Å². The van der Waals surface area contributed by atoms with Crippen LogP contribution in [0.15, 0.2) is 60.3 Å². The lowest BCUT2D eigenvalue weighted by Crippen LogP contribution is -2.38. The van der Waals surface area contributed by atoms with Crippen LogP contribution in [0.1, 0.15) is 29.4 Å². The van der Waals surface area contributed by atoms with Crippen LogP contribution in [-0.2, 0) is 16.0 Å². The van der Waals surface area contributed by atoms with Crippen molar-refractivity contribution in [3.05, 3.63) is 88.6 Å². The summed E-state index contributed by atoms with van der Waals surface area (Å²) in [4.78, 5) is 38.8. The topological polar surface area (TPSA) is 83.4 Å². The van der Waals surface area contributed by atoms with Crippen LogP contribution in [0.4, 0.5) is 14.9 Å². The smallest absolute Gasteiger partial charge is 0.324 e. The summed E-state index contributed by atoms with van der Waals surface area (Å²) in [6.45, 7) is 5.36. The molecule has 1 aliphatic heterocycles. The predicted octanol–water partition coefficient (Wildman–Crippen LogP) is 4.33. The quantitative estimate of drug-likeness (QED) is 0.424. The molecule has 0 spiro atoms. The molecule has 0 bridgehead atoms. The number of nitrogens with one attached hydrogen (secondary N) is 2. The molecule has 3 aromatic rings. The molecular formula is C26H25FN4O3. The molecule has 1 saturated heterocycles. The Morgan fingerprint density at radius 3 is 2.50 bits per heavy atom. The number of para-hydroxylation sites is 1. The number of urea groups is 1.